The normalized spacial score (nSPS) is 14.7. The van der Waals surface area contributed by atoms with Gasteiger partial charge in [0.1, 0.15) is 0 Å². The van der Waals surface area contributed by atoms with Crippen LogP contribution < -0.4 is 0 Å². The van der Waals surface area contributed by atoms with E-state index in [2.05, 4.69) is 31.2 Å². The Hall–Kier alpha value is -0.548. The second kappa shape index (κ2) is 14.4. The van der Waals surface area contributed by atoms with Crippen molar-refractivity contribution >= 4 is 10.1 Å². The van der Waals surface area contributed by atoms with Crippen LogP contribution in [0.3, 0.4) is 0 Å². The monoisotopic (exact) mass is 418 g/mol. The molecule has 21 heavy (non-hydrogen) atoms. The molecule has 1 aliphatic rings. The van der Waals surface area contributed by atoms with Gasteiger partial charge in [-0.05, 0) is 6.42 Å². The van der Waals surface area contributed by atoms with Crippen LogP contribution in [-0.4, -0.2) is 18.5 Å². The molecule has 3 nitrogen and oxygen atoms in total. The van der Waals surface area contributed by atoms with E-state index in [4.69, 9.17) is 13.0 Å². The third-order valence-electron chi connectivity index (χ3n) is 1.77. The van der Waals surface area contributed by atoms with Crippen molar-refractivity contribution in [1.29, 1.82) is 0 Å². The molecule has 0 spiro atoms. The van der Waals surface area contributed by atoms with Crippen LogP contribution >= 0.6 is 0 Å². The number of alkyl halides is 3. The van der Waals surface area contributed by atoms with E-state index in [1.807, 2.05) is 13.0 Å². The zero-order valence-corrected chi connectivity index (χ0v) is 13.9. The summed E-state index contributed by atoms with van der Waals surface area (Å²) in [5.74, 6) is 0. The van der Waals surface area contributed by atoms with Gasteiger partial charge in [-0.25, -0.2) is 19.1 Å². The fourth-order valence-electron chi connectivity index (χ4n) is 0.786. The molecule has 1 rings (SSSR count). The number of hydrogen-bond donors (Lipinski definition) is 1. The van der Waals surface area contributed by atoms with Crippen LogP contribution in [0.25, 0.3) is 0 Å². The van der Waals surface area contributed by atoms with Crippen molar-refractivity contribution in [3.63, 3.8) is 0 Å². The Labute approximate surface area is 138 Å². The van der Waals surface area contributed by atoms with Gasteiger partial charge in [-0.1, -0.05) is 25.0 Å². The molecule has 0 saturated carbocycles. The molecule has 0 fully saturated rings. The molecule has 0 unspecified atom stereocenters. The maximum Gasteiger partial charge on any atom is 2.00 e. The third-order valence-corrected chi connectivity index (χ3v) is 2.36. The Balaban J connectivity index is -0.000000239. The summed E-state index contributed by atoms with van der Waals surface area (Å²) in [6.45, 7) is 5.36. The maximum absolute atomic E-state index is 10.7. The molecule has 0 saturated heterocycles. The van der Waals surface area contributed by atoms with E-state index >= 15 is 0 Å². The van der Waals surface area contributed by atoms with Gasteiger partial charge >= 0.3 is 36.0 Å². The van der Waals surface area contributed by atoms with Gasteiger partial charge in [0.2, 0.25) is 0 Å². The fourth-order valence-corrected chi connectivity index (χ4v) is 0.786. The van der Waals surface area contributed by atoms with Crippen LogP contribution in [0.4, 0.5) is 13.2 Å². The Kier molecular flexibility index (Phi) is 17.4. The van der Waals surface area contributed by atoms with Crippen LogP contribution in [0.2, 0.25) is 0 Å². The van der Waals surface area contributed by atoms with Gasteiger partial charge in [0.15, 0.2) is 0 Å². The Morgan fingerprint density at radius 1 is 1.24 bits per heavy atom. The fraction of sp³-hybridized carbons (Fsp3) is 0.462. The topological polar surface area (TPSA) is 54.4 Å². The molecule has 0 aromatic heterocycles. The van der Waals surface area contributed by atoms with Crippen LogP contribution in [0, 0.1) is 13.0 Å². The molecule has 0 bridgehead atoms. The summed E-state index contributed by atoms with van der Waals surface area (Å²) in [5, 5.41) is 0. The zero-order chi connectivity index (χ0) is 16.1. The number of allylic oxidation sites excluding steroid dienone is 6. The van der Waals surface area contributed by atoms with Gasteiger partial charge in [0.05, 0.1) is 0 Å². The van der Waals surface area contributed by atoms with E-state index < -0.39 is 15.6 Å². The van der Waals surface area contributed by atoms with Crippen LogP contribution in [0.5, 0.6) is 0 Å². The van der Waals surface area contributed by atoms with Crippen molar-refractivity contribution < 1.29 is 46.6 Å². The number of rotatable bonds is 0. The minimum absolute atomic E-state index is 0. The molecule has 0 aromatic carbocycles. The van der Waals surface area contributed by atoms with E-state index in [0.717, 1.165) is 6.42 Å². The molecule has 8 heteroatoms. The van der Waals surface area contributed by atoms with Crippen molar-refractivity contribution in [3.8, 4) is 0 Å². The summed E-state index contributed by atoms with van der Waals surface area (Å²) in [4.78, 5) is 0. The number of hydrogen-bond acceptors (Lipinski definition) is 2. The first-order valence-corrected chi connectivity index (χ1v) is 7.25. The second-order valence-electron chi connectivity index (χ2n) is 3.49. The first-order valence-electron chi connectivity index (χ1n) is 5.81. The van der Waals surface area contributed by atoms with Gasteiger partial charge in [-0.15, -0.1) is 6.92 Å². The molecule has 0 radical (unpaired) electrons. The Morgan fingerprint density at radius 3 is 2.05 bits per heavy atom. The first kappa shape index (κ1) is 25.4. The molecule has 0 atom stereocenters. The summed E-state index contributed by atoms with van der Waals surface area (Å²) < 4.78 is 57.5. The molecule has 0 aromatic rings. The summed E-state index contributed by atoms with van der Waals surface area (Å²) in [7, 11) is -5.84. The largest absolute Gasteiger partial charge is 2.00 e. The van der Waals surface area contributed by atoms with E-state index in [0.29, 0.717) is 0 Å². The molecular formula is C13H19F3O3PdS. The van der Waals surface area contributed by atoms with Crippen LogP contribution in [0.15, 0.2) is 30.4 Å². The molecule has 1 aliphatic carbocycles. The van der Waals surface area contributed by atoms with Crippen molar-refractivity contribution in [2.24, 2.45) is 0 Å². The van der Waals surface area contributed by atoms with E-state index in [1.165, 1.54) is 19.3 Å². The van der Waals surface area contributed by atoms with Crippen molar-refractivity contribution in [3.05, 3.63) is 43.4 Å². The molecular weight excluding hydrogens is 400 g/mol. The first-order chi connectivity index (χ1) is 9.16. The summed E-state index contributed by atoms with van der Waals surface area (Å²) in [6, 6.07) is 0. The minimum atomic E-state index is -5.84. The predicted molar refractivity (Wildman–Crippen MR) is 73.2 cm³/mol. The number of halogens is 3. The Morgan fingerprint density at radius 2 is 1.67 bits per heavy atom. The van der Waals surface area contributed by atoms with E-state index in [9.17, 15) is 13.2 Å². The average Bonchev–Trinajstić information content (AvgIpc) is 2.26. The smallest absolute Gasteiger partial charge is 0.500 e. The van der Waals surface area contributed by atoms with Gasteiger partial charge in [0, 0.05) is 0 Å². The average molecular weight is 419 g/mol. The molecule has 126 valence electrons. The zero-order valence-electron chi connectivity index (χ0n) is 11.5. The van der Waals surface area contributed by atoms with Crippen LogP contribution in [0.1, 0.15) is 32.6 Å². The molecule has 1 N–H and O–H groups in total. The SMILES string of the molecule is O=S(=O)(O)C(F)(F)F.[C-]1=CCCC=CCC1.[CH2-]/C=C/C.[Pd+2]. The van der Waals surface area contributed by atoms with Gasteiger partial charge in [-0.2, -0.15) is 28.0 Å². The second-order valence-corrected chi connectivity index (χ2v) is 4.90. The molecule has 0 amide bonds. The summed E-state index contributed by atoms with van der Waals surface area (Å²) in [6.07, 6.45) is 18.1. The van der Waals surface area contributed by atoms with E-state index in [1.54, 1.807) is 6.08 Å². The van der Waals surface area contributed by atoms with Crippen molar-refractivity contribution in [2.45, 2.75) is 38.1 Å². The van der Waals surface area contributed by atoms with Crippen molar-refractivity contribution in [2.75, 3.05) is 0 Å². The van der Waals surface area contributed by atoms with Gasteiger partial charge in [0.25, 0.3) is 0 Å². The summed E-state index contributed by atoms with van der Waals surface area (Å²) in [5.41, 5.74) is -5.53. The van der Waals surface area contributed by atoms with Crippen molar-refractivity contribution in [1.82, 2.24) is 0 Å². The maximum atomic E-state index is 10.7. The van der Waals surface area contributed by atoms with Gasteiger partial charge in [-0.3, -0.25) is 10.6 Å². The predicted octanol–water partition coefficient (Wildman–Crippen LogP) is 4.26. The van der Waals surface area contributed by atoms with Gasteiger partial charge < -0.3 is 6.08 Å². The standard InChI is InChI=1S/C8H11.C4H7.CHF3O3S.Pd/c1-2-4-6-8-7-5-3-1;1-3-4-2;2-1(3,4)8(5,6)7;/h1-2,7H,3-6H2;3-4H,1H2,2H3;(H,5,6,7);/q2*-1;;+2/b;4-3+;;. The van der Waals surface area contributed by atoms with E-state index in [-0.39, 0.29) is 20.4 Å². The summed E-state index contributed by atoms with van der Waals surface area (Å²) >= 11 is 0. The molecule has 0 heterocycles. The minimum Gasteiger partial charge on any atom is -0.500 e. The Bertz CT molecular complexity index is 383. The quantitative estimate of drug-likeness (QED) is 0.210. The third kappa shape index (κ3) is 19.5. The molecule has 0 aliphatic heterocycles. The van der Waals surface area contributed by atoms with Crippen LogP contribution in [-0.2, 0) is 30.5 Å².